The van der Waals surface area contributed by atoms with Gasteiger partial charge in [0.15, 0.2) is 0 Å². The van der Waals surface area contributed by atoms with Gasteiger partial charge in [-0.2, -0.15) is 0 Å². The van der Waals surface area contributed by atoms with Gasteiger partial charge in [0.1, 0.15) is 11.5 Å². The van der Waals surface area contributed by atoms with Crippen molar-refractivity contribution >= 4 is 34.8 Å². The molecule has 174 valence electrons. The van der Waals surface area contributed by atoms with Crippen LogP contribution in [-0.4, -0.2) is 48.0 Å². The highest BCUT2D eigenvalue weighted by Gasteiger charge is 2.31. The van der Waals surface area contributed by atoms with Crippen molar-refractivity contribution in [2.45, 2.75) is 30.6 Å². The van der Waals surface area contributed by atoms with Crippen LogP contribution < -0.4 is 21.1 Å². The SMILES string of the molecule is COC(=O)CC(Cc1ccc(Oc2ccc(CC3SC(=O)NC3=O)cc2)cc1)NC(=O)CN. The molecule has 10 heteroatoms. The van der Waals surface area contributed by atoms with E-state index in [1.54, 1.807) is 24.3 Å². The molecule has 2 unspecified atom stereocenters. The van der Waals surface area contributed by atoms with Crippen LogP contribution in [-0.2, 0) is 32.0 Å². The molecule has 1 saturated heterocycles. The molecule has 0 bridgehead atoms. The lowest BCUT2D eigenvalue weighted by molar-refractivity contribution is -0.141. The lowest BCUT2D eigenvalue weighted by Gasteiger charge is -2.17. The lowest BCUT2D eigenvalue weighted by atomic mass is 10.0. The van der Waals surface area contributed by atoms with E-state index in [1.165, 1.54) is 7.11 Å². The second kappa shape index (κ2) is 11.5. The van der Waals surface area contributed by atoms with Gasteiger partial charge >= 0.3 is 5.97 Å². The molecule has 3 amide bonds. The highest BCUT2D eigenvalue weighted by molar-refractivity contribution is 8.15. The molecule has 33 heavy (non-hydrogen) atoms. The van der Waals surface area contributed by atoms with Gasteiger partial charge in [-0.1, -0.05) is 36.0 Å². The Morgan fingerprint density at radius 3 is 2.18 bits per heavy atom. The fourth-order valence-electron chi connectivity index (χ4n) is 3.29. The van der Waals surface area contributed by atoms with Crippen molar-refractivity contribution in [2.24, 2.45) is 5.73 Å². The Labute approximate surface area is 195 Å². The van der Waals surface area contributed by atoms with Gasteiger partial charge in [0.05, 0.1) is 25.3 Å². The van der Waals surface area contributed by atoms with Crippen LogP contribution in [0.3, 0.4) is 0 Å². The number of hydrogen-bond donors (Lipinski definition) is 3. The third-order valence-corrected chi connectivity index (χ3v) is 5.93. The van der Waals surface area contributed by atoms with Crippen LogP contribution in [0.25, 0.3) is 0 Å². The van der Waals surface area contributed by atoms with Crippen LogP contribution in [0.1, 0.15) is 17.5 Å². The van der Waals surface area contributed by atoms with E-state index in [1.807, 2.05) is 24.3 Å². The van der Waals surface area contributed by atoms with Crippen LogP contribution >= 0.6 is 11.8 Å². The van der Waals surface area contributed by atoms with Gasteiger partial charge in [-0.05, 0) is 48.2 Å². The van der Waals surface area contributed by atoms with E-state index in [9.17, 15) is 19.2 Å². The summed E-state index contributed by atoms with van der Waals surface area (Å²) in [6.45, 7) is -0.159. The maximum Gasteiger partial charge on any atom is 0.307 e. The molecule has 0 radical (unpaired) electrons. The summed E-state index contributed by atoms with van der Waals surface area (Å²) < 4.78 is 10.6. The van der Waals surface area contributed by atoms with Crippen LogP contribution in [0.15, 0.2) is 48.5 Å². The molecule has 2 atom stereocenters. The van der Waals surface area contributed by atoms with E-state index in [-0.39, 0.29) is 30.0 Å². The Morgan fingerprint density at radius 1 is 1.06 bits per heavy atom. The molecular formula is C23H25N3O6S. The van der Waals surface area contributed by atoms with Crippen molar-refractivity contribution in [1.82, 2.24) is 10.6 Å². The summed E-state index contributed by atoms with van der Waals surface area (Å²) >= 11 is 1.00. The number of ether oxygens (including phenoxy) is 2. The van der Waals surface area contributed by atoms with Gasteiger partial charge in [0, 0.05) is 6.04 Å². The molecule has 3 rings (SSSR count). The number of carbonyl (C=O) groups is 4. The number of benzene rings is 2. The molecule has 1 fully saturated rings. The number of nitrogens with two attached hydrogens (primary N) is 1. The van der Waals surface area contributed by atoms with Crippen molar-refractivity contribution in [3.63, 3.8) is 0 Å². The Hall–Kier alpha value is -3.37. The van der Waals surface area contributed by atoms with Crippen molar-refractivity contribution in [2.75, 3.05) is 13.7 Å². The van der Waals surface area contributed by atoms with Crippen molar-refractivity contribution in [3.05, 3.63) is 59.7 Å². The first-order valence-corrected chi connectivity index (χ1v) is 11.2. The lowest BCUT2D eigenvalue weighted by Crippen LogP contribution is -2.41. The first-order chi connectivity index (χ1) is 15.9. The van der Waals surface area contributed by atoms with Crippen LogP contribution in [0.4, 0.5) is 4.79 Å². The summed E-state index contributed by atoms with van der Waals surface area (Å²) in [4.78, 5) is 46.3. The topological polar surface area (TPSA) is 137 Å². The quantitative estimate of drug-likeness (QED) is 0.447. The minimum atomic E-state index is -0.428. The van der Waals surface area contributed by atoms with E-state index in [2.05, 4.69) is 10.6 Å². The van der Waals surface area contributed by atoms with Gasteiger partial charge in [-0.25, -0.2) is 0 Å². The zero-order chi connectivity index (χ0) is 23.8. The Bertz CT molecular complexity index is 992. The predicted octanol–water partition coefficient (Wildman–Crippen LogP) is 1.92. The molecule has 4 N–H and O–H groups in total. The molecule has 2 aromatic carbocycles. The standard InChI is InChI=1S/C23H25N3O6S/c1-31-21(28)12-16(25-20(27)13-24)10-14-2-6-17(7-3-14)32-18-8-4-15(5-9-18)11-19-22(29)26-23(30)33-19/h2-9,16,19H,10-13,24H2,1H3,(H,25,27)(H,26,29,30). The van der Waals surface area contributed by atoms with E-state index in [0.717, 1.165) is 22.9 Å². The average Bonchev–Trinajstić information content (AvgIpc) is 3.12. The molecule has 9 nitrogen and oxygen atoms in total. The summed E-state index contributed by atoms with van der Waals surface area (Å²) in [5, 5.41) is 4.29. The zero-order valence-electron chi connectivity index (χ0n) is 18.0. The summed E-state index contributed by atoms with van der Waals surface area (Å²) in [6, 6.07) is 14.2. The third kappa shape index (κ3) is 7.33. The first kappa shape index (κ1) is 24.3. The first-order valence-electron chi connectivity index (χ1n) is 10.3. The molecular weight excluding hydrogens is 446 g/mol. The maximum atomic E-state index is 11.7. The summed E-state index contributed by atoms with van der Waals surface area (Å²) in [6.07, 6.45) is 0.942. The Balaban J connectivity index is 1.57. The second-order valence-corrected chi connectivity index (χ2v) is 8.61. The van der Waals surface area contributed by atoms with Crippen LogP contribution in [0, 0.1) is 0 Å². The highest BCUT2D eigenvalue weighted by atomic mass is 32.2. The highest BCUT2D eigenvalue weighted by Crippen LogP contribution is 2.26. The van der Waals surface area contributed by atoms with Gasteiger partial charge in [0.25, 0.3) is 5.24 Å². The average molecular weight is 472 g/mol. The molecule has 1 aliphatic rings. The number of esters is 1. The smallest absolute Gasteiger partial charge is 0.307 e. The van der Waals surface area contributed by atoms with Gasteiger partial charge < -0.3 is 20.5 Å². The summed E-state index contributed by atoms with van der Waals surface area (Å²) in [7, 11) is 1.30. The number of methoxy groups -OCH3 is 1. The number of thioether (sulfide) groups is 1. The minimum absolute atomic E-state index is 0.0437. The van der Waals surface area contributed by atoms with Crippen LogP contribution in [0.2, 0.25) is 0 Å². The normalized spacial score (nSPS) is 16.1. The fraction of sp³-hybridized carbons (Fsp3) is 0.304. The van der Waals surface area contributed by atoms with Crippen LogP contribution in [0.5, 0.6) is 11.5 Å². The number of imide groups is 1. The van der Waals surface area contributed by atoms with Crippen molar-refractivity contribution < 1.29 is 28.7 Å². The third-order valence-electron chi connectivity index (χ3n) is 4.94. The molecule has 0 spiro atoms. The number of rotatable bonds is 10. The molecule has 0 aliphatic carbocycles. The molecule has 0 aromatic heterocycles. The van der Waals surface area contributed by atoms with E-state index in [4.69, 9.17) is 15.2 Å². The number of amides is 3. The monoisotopic (exact) mass is 471 g/mol. The number of carbonyl (C=O) groups excluding carboxylic acids is 4. The second-order valence-electron chi connectivity index (χ2n) is 7.43. The maximum absolute atomic E-state index is 11.7. The molecule has 0 saturated carbocycles. The largest absolute Gasteiger partial charge is 0.469 e. The molecule has 1 heterocycles. The molecule has 2 aromatic rings. The summed E-state index contributed by atoms with van der Waals surface area (Å²) in [5.74, 6) is 0.232. The van der Waals surface area contributed by atoms with E-state index >= 15 is 0 Å². The van der Waals surface area contributed by atoms with E-state index in [0.29, 0.717) is 24.3 Å². The van der Waals surface area contributed by atoms with E-state index < -0.39 is 17.3 Å². The number of nitrogens with one attached hydrogen (secondary N) is 2. The molecule has 1 aliphatic heterocycles. The number of hydrogen-bond acceptors (Lipinski definition) is 8. The predicted molar refractivity (Wildman–Crippen MR) is 123 cm³/mol. The van der Waals surface area contributed by atoms with Gasteiger partial charge in [-0.15, -0.1) is 0 Å². The summed E-state index contributed by atoms with van der Waals surface area (Å²) in [5.41, 5.74) is 7.19. The fourth-order valence-corrected chi connectivity index (χ4v) is 4.15. The van der Waals surface area contributed by atoms with Gasteiger partial charge in [-0.3, -0.25) is 24.5 Å². The Kier molecular flexibility index (Phi) is 8.45. The Morgan fingerprint density at radius 2 is 1.67 bits per heavy atom. The van der Waals surface area contributed by atoms with Crippen molar-refractivity contribution in [3.8, 4) is 11.5 Å². The van der Waals surface area contributed by atoms with Gasteiger partial charge in [0.2, 0.25) is 11.8 Å². The minimum Gasteiger partial charge on any atom is -0.469 e. The zero-order valence-corrected chi connectivity index (χ0v) is 18.9. The van der Waals surface area contributed by atoms with Crippen molar-refractivity contribution in [1.29, 1.82) is 0 Å².